The van der Waals surface area contributed by atoms with Crippen molar-refractivity contribution in [2.75, 3.05) is 0 Å². The van der Waals surface area contributed by atoms with Crippen LogP contribution >= 0.6 is 11.3 Å². The van der Waals surface area contributed by atoms with E-state index >= 15 is 0 Å². The Hall–Kier alpha value is -9.68. The van der Waals surface area contributed by atoms with Crippen LogP contribution in [0.2, 0.25) is 0 Å². The molecule has 0 atom stereocenters. The average Bonchev–Trinajstić information content (AvgIpc) is 1.72. The van der Waals surface area contributed by atoms with Gasteiger partial charge < -0.3 is 13.5 Å². The van der Waals surface area contributed by atoms with Crippen LogP contribution in [-0.2, 0) is 85.0 Å². The molecule has 13 heteroatoms. The number of rotatable bonds is 12. The maximum atomic E-state index is 5.99. The predicted molar refractivity (Wildman–Crippen MR) is 386 cm³/mol. The molecule has 0 N–H and O–H groups in total. The van der Waals surface area contributed by atoms with Crippen molar-refractivity contribution < 1.29 is 86.9 Å². The second-order valence-electron chi connectivity index (χ2n) is 22.2. The van der Waals surface area contributed by atoms with E-state index in [2.05, 4.69) is 227 Å². The van der Waals surface area contributed by atoms with E-state index < -0.39 is 0 Å². The van der Waals surface area contributed by atoms with Gasteiger partial charge >= 0.3 is 0 Å². The maximum Gasteiger partial charge on any atom is 0.157 e. The van der Waals surface area contributed by atoms with Gasteiger partial charge in [0.1, 0.15) is 11.7 Å². The molecule has 4 radical (unpaired) electrons. The third kappa shape index (κ3) is 18.6. The van der Waals surface area contributed by atoms with Gasteiger partial charge in [0.25, 0.3) is 0 Å². The molecular weight excluding hydrogens is 1590 g/mol. The largest absolute Gasteiger partial charge is 0.481 e. The molecule has 12 aromatic carbocycles. The molecule has 0 unspecified atom stereocenters. The number of thiazole rings is 1. The first-order valence-corrected chi connectivity index (χ1v) is 32.0. The van der Waals surface area contributed by atoms with Crippen molar-refractivity contribution in [1.82, 2.24) is 29.9 Å². The summed E-state index contributed by atoms with van der Waals surface area (Å²) in [6, 6.07) is 121. The first kappa shape index (κ1) is 73.6. The Balaban J connectivity index is 0.000000152. The fourth-order valence-corrected chi connectivity index (χ4v) is 11.9. The minimum atomic E-state index is 0. The second-order valence-corrected chi connectivity index (χ2v) is 23.2. The van der Waals surface area contributed by atoms with Crippen LogP contribution in [0.25, 0.3) is 134 Å². The number of aryl methyl sites for hydroxylation is 2. The van der Waals surface area contributed by atoms with E-state index in [4.69, 9.17) is 13.9 Å². The molecule has 0 amide bonds. The summed E-state index contributed by atoms with van der Waals surface area (Å²) in [5, 5.41) is 13.8. The van der Waals surface area contributed by atoms with Crippen LogP contribution in [0.15, 0.2) is 330 Å². The fraction of sp³-hybridized carbons (Fsp3) is 0.0349. The summed E-state index contributed by atoms with van der Waals surface area (Å²) in [7, 11) is 1.98. The molecule has 16 rings (SSSR count). The molecule has 0 aliphatic carbocycles. The summed E-state index contributed by atoms with van der Waals surface area (Å²) >= 11 is 1.73. The van der Waals surface area contributed by atoms with Crippen molar-refractivity contribution in [3.63, 3.8) is 0 Å². The molecule has 8 nitrogen and oxygen atoms in total. The number of nitrogens with zero attached hydrogens (tertiary/aromatic N) is 6. The molecule has 494 valence electrons. The molecule has 0 spiro atoms. The van der Waals surface area contributed by atoms with Crippen LogP contribution in [0.3, 0.4) is 0 Å². The van der Waals surface area contributed by atoms with E-state index in [1.165, 1.54) is 54.9 Å². The first-order chi connectivity index (χ1) is 46.8. The Kier molecular flexibility index (Phi) is 26.9. The SMILES string of the molecule is Cc1nc(-c2[c-]cccc2)oc1-c1ccc(-c2ccccc2)cc1.Cc1nc(-c2[c-]cccc2)sc1-c1ccc(-c2ccccc2)cc1.Cn1c(-c2[c-]cccc2)nnc1-c1ccc(-c2ccccc2)cc1.[Rh].[Rh].[Rh].[Rh].[c-]1ccccc1-c1cc(-c2ccc(-c3ccccc3)cc2)on1. The summed E-state index contributed by atoms with van der Waals surface area (Å²) in [6.07, 6.45) is 0. The van der Waals surface area contributed by atoms with Gasteiger partial charge in [0.2, 0.25) is 0 Å². The van der Waals surface area contributed by atoms with Crippen LogP contribution in [0.5, 0.6) is 0 Å². The molecule has 16 aromatic rings. The van der Waals surface area contributed by atoms with Gasteiger partial charge in [-0.05, 0) is 70.0 Å². The molecule has 4 heterocycles. The van der Waals surface area contributed by atoms with Crippen LogP contribution < -0.4 is 0 Å². The van der Waals surface area contributed by atoms with Crippen LogP contribution in [0.1, 0.15) is 11.4 Å². The monoisotopic (exact) mass is 1650 g/mol. The number of aromatic nitrogens is 6. The topological polar surface area (TPSA) is 95.7 Å². The zero-order valence-corrected chi connectivity index (χ0v) is 61.2. The van der Waals surface area contributed by atoms with Gasteiger partial charge in [0, 0.05) is 123 Å². The van der Waals surface area contributed by atoms with Gasteiger partial charge in [-0.2, -0.15) is 16.4 Å². The Morgan fingerprint density at radius 1 is 0.333 bits per heavy atom. The first-order valence-electron chi connectivity index (χ1n) is 31.2. The van der Waals surface area contributed by atoms with Gasteiger partial charge in [0.05, 0.1) is 11.5 Å². The molecule has 0 saturated heterocycles. The third-order valence-corrected chi connectivity index (χ3v) is 17.1. The molecule has 0 bridgehead atoms. The molecule has 0 saturated carbocycles. The van der Waals surface area contributed by atoms with Gasteiger partial charge in [0.15, 0.2) is 11.6 Å². The van der Waals surface area contributed by atoms with Crippen molar-refractivity contribution in [2.24, 2.45) is 7.05 Å². The van der Waals surface area contributed by atoms with Crippen LogP contribution in [-0.4, -0.2) is 29.9 Å². The normalized spacial score (nSPS) is 10.3. The van der Waals surface area contributed by atoms with Gasteiger partial charge in [-0.15, -0.1) is 148 Å². The van der Waals surface area contributed by atoms with Crippen molar-refractivity contribution in [2.45, 2.75) is 13.8 Å². The van der Waals surface area contributed by atoms with Gasteiger partial charge in [-0.1, -0.05) is 224 Å². The molecule has 0 aliphatic heterocycles. The number of hydrogen-bond donors (Lipinski definition) is 0. The van der Waals surface area contributed by atoms with Crippen molar-refractivity contribution >= 4 is 11.3 Å². The average molecular weight is 1660 g/mol. The third-order valence-electron chi connectivity index (χ3n) is 15.8. The summed E-state index contributed by atoms with van der Waals surface area (Å²) in [4.78, 5) is 10.5. The van der Waals surface area contributed by atoms with Crippen LogP contribution in [0.4, 0.5) is 0 Å². The fourth-order valence-electron chi connectivity index (χ4n) is 10.8. The Bertz CT molecular complexity index is 4750. The number of benzene rings is 12. The van der Waals surface area contributed by atoms with E-state index in [1.54, 1.807) is 11.3 Å². The van der Waals surface area contributed by atoms with Gasteiger partial charge in [-0.3, -0.25) is 9.97 Å². The summed E-state index contributed by atoms with van der Waals surface area (Å²) in [5.41, 5.74) is 20.5. The summed E-state index contributed by atoms with van der Waals surface area (Å²) < 4.78 is 13.5. The van der Waals surface area contributed by atoms with Crippen molar-refractivity contribution in [3.05, 3.63) is 357 Å². The maximum absolute atomic E-state index is 5.99. The second kappa shape index (κ2) is 36.2. The zero-order chi connectivity index (χ0) is 64.6. The molecule has 0 aliphatic rings. The standard InChI is InChI=1S/C22H16NO.C22H16NS.C21H16N3.C21H14NO.4Rh/c2*1-16-21(24-22(23-16)20-10-6-3-7-11-20)19-14-12-18(13-15-19)17-8-4-2-5-9-17;1-24-20(18-10-6-3-7-11-18)22-23-21(24)19-14-12-17(13-15-19)16-8-4-2-5-9-16;1-3-7-16(8-4-1)17-11-13-19(14-12-17)21-15-20(22-23-21)18-9-5-2-6-10-18;;;;/h3*2-10,12-15H,1H3;1-9,11-15H;;;;/q4*-1;;;;. The Morgan fingerprint density at radius 2 is 0.697 bits per heavy atom. The van der Waals surface area contributed by atoms with Gasteiger partial charge in [-0.25, -0.2) is 0 Å². The number of oxazole rings is 1. The predicted octanol–water partition coefficient (Wildman–Crippen LogP) is 22.1. The van der Waals surface area contributed by atoms with E-state index in [9.17, 15) is 0 Å². The van der Waals surface area contributed by atoms with Crippen LogP contribution in [0, 0.1) is 38.1 Å². The smallest absolute Gasteiger partial charge is 0.157 e. The van der Waals surface area contributed by atoms with E-state index in [0.29, 0.717) is 5.89 Å². The van der Waals surface area contributed by atoms with E-state index in [0.717, 1.165) is 84.2 Å². The minimum absolute atomic E-state index is 0. The summed E-state index contributed by atoms with van der Waals surface area (Å²) in [6.45, 7) is 4.04. The molecule has 99 heavy (non-hydrogen) atoms. The Morgan fingerprint density at radius 3 is 1.14 bits per heavy atom. The van der Waals surface area contributed by atoms with E-state index in [-0.39, 0.29) is 77.9 Å². The Labute approximate surface area is 634 Å². The van der Waals surface area contributed by atoms with E-state index in [1.807, 2.05) is 164 Å². The quantitative estimate of drug-likeness (QED) is 0.0888. The molecule has 0 fully saturated rings. The van der Waals surface area contributed by atoms with Crippen molar-refractivity contribution in [3.8, 4) is 134 Å². The summed E-state index contributed by atoms with van der Waals surface area (Å²) in [5.74, 6) is 3.84. The van der Waals surface area contributed by atoms with Crippen molar-refractivity contribution in [1.29, 1.82) is 0 Å². The number of hydrogen-bond acceptors (Lipinski definition) is 8. The zero-order valence-electron chi connectivity index (χ0n) is 53.8. The minimum Gasteiger partial charge on any atom is -0.481 e. The molecular formula is C86H62N6O2Rh4S-4. The molecule has 4 aromatic heterocycles.